The van der Waals surface area contributed by atoms with E-state index in [0.717, 1.165) is 11.1 Å². The molecular weight excluding hydrogens is 252 g/mol. The lowest BCUT2D eigenvalue weighted by molar-refractivity contribution is 1.48. The van der Waals surface area contributed by atoms with Gasteiger partial charge in [-0.3, -0.25) is 0 Å². The minimum Gasteiger partial charge on any atom is -0.0870 e. The Morgan fingerprint density at radius 1 is 0.476 bits per heavy atom. The highest BCUT2D eigenvalue weighted by Crippen LogP contribution is 2.29. The number of allylic oxidation sites excluding steroid dienone is 5. The zero-order valence-corrected chi connectivity index (χ0v) is 13.8. The van der Waals surface area contributed by atoms with Crippen LogP contribution in [0.1, 0.15) is 62.4 Å². The lowest BCUT2D eigenvalue weighted by Gasteiger charge is -2.14. The van der Waals surface area contributed by atoms with Crippen molar-refractivity contribution >= 4 is 30.4 Å². The second-order valence-corrected chi connectivity index (χ2v) is 4.69. The molecule has 0 saturated carbocycles. The lowest BCUT2D eigenvalue weighted by Crippen LogP contribution is -1.96. The van der Waals surface area contributed by atoms with E-state index in [-0.39, 0.29) is 0 Å². The summed E-state index contributed by atoms with van der Waals surface area (Å²) in [7, 11) is 0. The minimum atomic E-state index is 1.13. The zero-order chi connectivity index (χ0) is 15.7. The maximum atomic E-state index is 3.54. The first-order valence-electron chi connectivity index (χ1n) is 7.50. The van der Waals surface area contributed by atoms with Gasteiger partial charge in [0.25, 0.3) is 0 Å². The predicted octanol–water partition coefficient (Wildman–Crippen LogP) is 6.65. The number of hydrogen-bond donors (Lipinski definition) is 0. The summed E-state index contributed by atoms with van der Waals surface area (Å²) < 4.78 is 0. The molecule has 0 aromatic heterocycles. The molecule has 1 radical (unpaired) electrons. The molecule has 0 atom stereocenters. The van der Waals surface area contributed by atoms with Crippen LogP contribution >= 0.6 is 0 Å². The van der Waals surface area contributed by atoms with Crippen molar-refractivity contribution in [2.24, 2.45) is 0 Å². The Labute approximate surface area is 129 Å². The van der Waals surface area contributed by atoms with Crippen LogP contribution in [0.4, 0.5) is 0 Å². The van der Waals surface area contributed by atoms with Crippen molar-refractivity contribution in [1.82, 2.24) is 0 Å². The summed E-state index contributed by atoms with van der Waals surface area (Å²) in [6.45, 7) is 10.2. The summed E-state index contributed by atoms with van der Waals surface area (Å²) in [5.41, 5.74) is 5.94. The van der Waals surface area contributed by atoms with Gasteiger partial charge in [0.2, 0.25) is 0 Å². The average Bonchev–Trinajstić information content (AvgIpc) is 2.47. The average molecular weight is 277 g/mol. The Kier molecular flexibility index (Phi) is 7.25. The van der Waals surface area contributed by atoms with E-state index < -0.39 is 0 Å². The van der Waals surface area contributed by atoms with Crippen molar-refractivity contribution in [3.05, 3.63) is 64.3 Å². The first-order chi connectivity index (χ1) is 10.2. The summed E-state index contributed by atoms with van der Waals surface area (Å²) >= 11 is 0. The van der Waals surface area contributed by atoms with Crippen molar-refractivity contribution in [3.8, 4) is 0 Å². The summed E-state index contributed by atoms with van der Waals surface area (Å²) in [5.74, 6) is 0. The molecule has 0 aliphatic heterocycles. The predicted molar refractivity (Wildman–Crippen MR) is 98.8 cm³/mol. The van der Waals surface area contributed by atoms with Crippen molar-refractivity contribution < 1.29 is 0 Å². The normalized spacial score (nSPS) is 13.0. The van der Waals surface area contributed by atoms with Crippen LogP contribution < -0.4 is 0 Å². The van der Waals surface area contributed by atoms with Gasteiger partial charge in [-0.15, -0.1) is 0 Å². The fourth-order valence-electron chi connectivity index (χ4n) is 2.35. The second-order valence-electron chi connectivity index (χ2n) is 4.69. The van der Waals surface area contributed by atoms with Gasteiger partial charge in [0, 0.05) is 0 Å². The molecule has 0 amide bonds. The molecule has 1 rings (SSSR count). The van der Waals surface area contributed by atoms with Gasteiger partial charge in [-0.2, -0.15) is 0 Å². The first-order valence-corrected chi connectivity index (χ1v) is 7.50. The monoisotopic (exact) mass is 277 g/mol. The molecule has 21 heavy (non-hydrogen) atoms. The minimum absolute atomic E-state index is 1.13. The molecule has 1 aromatic carbocycles. The van der Waals surface area contributed by atoms with E-state index in [2.05, 4.69) is 73.8 Å². The van der Waals surface area contributed by atoms with Crippen LogP contribution in [0.5, 0.6) is 0 Å². The Morgan fingerprint density at radius 3 is 1.14 bits per heavy atom. The summed E-state index contributed by atoms with van der Waals surface area (Å²) in [6.07, 6.45) is 21.1. The maximum Gasteiger partial charge on any atom is -0.00141 e. The molecule has 0 spiro atoms. The van der Waals surface area contributed by atoms with E-state index in [0.29, 0.717) is 0 Å². The molecule has 109 valence electrons. The van der Waals surface area contributed by atoms with E-state index in [1.807, 2.05) is 27.7 Å². The van der Waals surface area contributed by atoms with Crippen LogP contribution in [-0.4, -0.2) is 0 Å². The zero-order valence-electron chi connectivity index (χ0n) is 13.8. The Balaban J connectivity index is 3.86. The first kappa shape index (κ1) is 17.0. The molecule has 0 nitrogen and oxygen atoms in total. The third-order valence-electron chi connectivity index (χ3n) is 3.10. The topological polar surface area (TPSA) is 0 Å². The molecule has 0 N–H and O–H groups in total. The molecule has 0 unspecified atom stereocenters. The number of rotatable bonds is 5. The molecule has 0 bridgehead atoms. The Bertz CT molecular complexity index is 559. The summed E-state index contributed by atoms with van der Waals surface area (Å²) in [6, 6.07) is 3.54. The highest BCUT2D eigenvalue weighted by atomic mass is 14.1. The van der Waals surface area contributed by atoms with Crippen molar-refractivity contribution in [3.63, 3.8) is 0 Å². The van der Waals surface area contributed by atoms with Crippen molar-refractivity contribution in [2.75, 3.05) is 0 Å². The van der Waals surface area contributed by atoms with Gasteiger partial charge in [-0.05, 0) is 68.5 Å². The quantitative estimate of drug-likeness (QED) is 0.565. The van der Waals surface area contributed by atoms with Gasteiger partial charge < -0.3 is 0 Å². The molecule has 0 saturated heterocycles. The van der Waals surface area contributed by atoms with Gasteiger partial charge in [0.15, 0.2) is 0 Å². The van der Waals surface area contributed by atoms with Crippen molar-refractivity contribution in [2.45, 2.75) is 34.6 Å². The second kappa shape index (κ2) is 8.97. The molecular formula is C21H25. The van der Waals surface area contributed by atoms with Gasteiger partial charge in [-0.25, -0.2) is 0 Å². The molecule has 1 aromatic rings. The molecule has 0 aliphatic rings. The van der Waals surface area contributed by atoms with Gasteiger partial charge in [-0.1, -0.05) is 60.8 Å². The highest BCUT2D eigenvalue weighted by molar-refractivity contribution is 5.84. The van der Waals surface area contributed by atoms with E-state index >= 15 is 0 Å². The Morgan fingerprint density at radius 2 is 0.810 bits per heavy atom. The smallest absolute Gasteiger partial charge is 0.00141 e. The van der Waals surface area contributed by atoms with E-state index in [9.17, 15) is 0 Å². The molecule has 0 fully saturated rings. The third kappa shape index (κ3) is 4.19. The fourth-order valence-corrected chi connectivity index (χ4v) is 2.35. The van der Waals surface area contributed by atoms with Crippen LogP contribution in [0.2, 0.25) is 0 Å². The SMILES string of the molecule is CC=Cc1[c]c(C=CC)c(C=CC)c(C=CC)c1C=CC. The van der Waals surface area contributed by atoms with Gasteiger partial charge in [0.05, 0.1) is 0 Å². The Hall–Kier alpha value is -2.08. The molecule has 0 heteroatoms. The molecule has 0 aliphatic carbocycles. The van der Waals surface area contributed by atoms with Crippen LogP contribution in [0.3, 0.4) is 0 Å². The molecule has 0 heterocycles. The van der Waals surface area contributed by atoms with E-state index in [1.165, 1.54) is 16.7 Å². The van der Waals surface area contributed by atoms with Gasteiger partial charge in [0.1, 0.15) is 0 Å². The largest absolute Gasteiger partial charge is 0.0870 e. The fraction of sp³-hybridized carbons (Fsp3) is 0.238. The van der Waals surface area contributed by atoms with Gasteiger partial charge >= 0.3 is 0 Å². The lowest BCUT2D eigenvalue weighted by atomic mass is 9.90. The highest BCUT2D eigenvalue weighted by Gasteiger charge is 2.10. The summed E-state index contributed by atoms with van der Waals surface area (Å²) in [4.78, 5) is 0. The maximum absolute atomic E-state index is 3.54. The van der Waals surface area contributed by atoms with E-state index in [4.69, 9.17) is 0 Å². The summed E-state index contributed by atoms with van der Waals surface area (Å²) in [5, 5.41) is 0. The van der Waals surface area contributed by atoms with Crippen molar-refractivity contribution in [1.29, 1.82) is 0 Å². The van der Waals surface area contributed by atoms with Crippen LogP contribution in [-0.2, 0) is 0 Å². The van der Waals surface area contributed by atoms with Crippen LogP contribution in [0.15, 0.2) is 30.4 Å². The van der Waals surface area contributed by atoms with E-state index in [1.54, 1.807) is 0 Å². The number of hydrogen-bond acceptors (Lipinski definition) is 0. The number of benzene rings is 1. The van der Waals surface area contributed by atoms with Crippen LogP contribution in [0, 0.1) is 6.07 Å². The third-order valence-corrected chi connectivity index (χ3v) is 3.10. The van der Waals surface area contributed by atoms with Crippen LogP contribution in [0.25, 0.3) is 30.4 Å². The standard InChI is InChI=1S/C21H25/c1-6-11-17-16-18(12-7-2)20(14-9-4)21(15-10-5)19(17)13-8-3/h6-15H,1-5H3.